The molecule has 9 aromatic rings. The second-order valence-electron chi connectivity index (χ2n) is 14.1. The van der Waals surface area contributed by atoms with Crippen molar-refractivity contribution < 1.29 is 9.47 Å². The highest BCUT2D eigenvalue weighted by atomic mass is 16.5. The van der Waals surface area contributed by atoms with E-state index in [1.54, 1.807) is 18.2 Å². The van der Waals surface area contributed by atoms with E-state index in [9.17, 15) is 9.59 Å². The molecule has 2 aliphatic rings. The summed E-state index contributed by atoms with van der Waals surface area (Å²) < 4.78 is 14.6. The molecular weight excluding hydrogens is 725 g/mol. The first-order chi connectivity index (χ1) is 28.5. The molecule has 0 saturated carbocycles. The van der Waals surface area contributed by atoms with Crippen LogP contribution in [0.2, 0.25) is 0 Å². The molecule has 0 unspecified atom stereocenters. The number of benzene rings is 6. The van der Waals surface area contributed by atoms with Crippen LogP contribution in [-0.2, 0) is 0 Å². The molecule has 6 aromatic carbocycles. The number of hydrogen-bond donors (Lipinski definition) is 0. The van der Waals surface area contributed by atoms with Crippen LogP contribution in [0, 0.1) is 0 Å². The number of rotatable bonds is 5. The molecule has 5 heterocycles. The summed E-state index contributed by atoms with van der Waals surface area (Å²) >= 11 is 0. The lowest BCUT2D eigenvalue weighted by atomic mass is 9.99. The van der Waals surface area contributed by atoms with Gasteiger partial charge in [0.05, 0.1) is 39.3 Å². The van der Waals surface area contributed by atoms with E-state index in [1.807, 2.05) is 133 Å². The SMILES string of the molecule is C=C/C=C\C1=C(C)N(c2ccc3c(c2)c(=O)c2cc(-c4ncncn4)cc4c(=O)c5cc(N6c7ccccc7Oc7ccccc76)ccc5n3c24)c2ccccc2O1. The lowest BCUT2D eigenvalue weighted by molar-refractivity contribution is 0.428. The molecule has 0 N–H and O–H groups in total. The first-order valence-electron chi connectivity index (χ1n) is 18.7. The van der Waals surface area contributed by atoms with E-state index < -0.39 is 0 Å². The lowest BCUT2D eigenvalue weighted by Gasteiger charge is -2.33. The number of pyridine rings is 2. The summed E-state index contributed by atoms with van der Waals surface area (Å²) in [4.78, 5) is 46.8. The van der Waals surface area contributed by atoms with Crippen LogP contribution < -0.4 is 30.1 Å². The fourth-order valence-corrected chi connectivity index (χ4v) is 8.32. The first kappa shape index (κ1) is 33.2. The minimum atomic E-state index is -0.218. The normalized spacial score (nSPS) is 13.5. The highest BCUT2D eigenvalue weighted by Gasteiger charge is 2.28. The molecule has 2 aliphatic heterocycles. The number of ether oxygens (including phenoxy) is 2. The lowest BCUT2D eigenvalue weighted by Crippen LogP contribution is -2.23. The maximum atomic E-state index is 14.9. The van der Waals surface area contributed by atoms with Gasteiger partial charge in [-0.05, 0) is 97.9 Å². The predicted octanol–water partition coefficient (Wildman–Crippen LogP) is 10.5. The molecule has 0 atom stereocenters. The Morgan fingerprint density at radius 2 is 1.12 bits per heavy atom. The molecular formula is C48H30N6O4. The van der Waals surface area contributed by atoms with Crippen molar-refractivity contribution in [3.8, 4) is 28.6 Å². The smallest absolute Gasteiger partial charge is 0.197 e. The molecule has 276 valence electrons. The summed E-state index contributed by atoms with van der Waals surface area (Å²) in [7, 11) is 0. The van der Waals surface area contributed by atoms with Crippen molar-refractivity contribution in [2.45, 2.75) is 6.92 Å². The fraction of sp³-hybridized carbons (Fsp3) is 0.0208. The van der Waals surface area contributed by atoms with Crippen LogP contribution >= 0.6 is 0 Å². The van der Waals surface area contributed by atoms with Gasteiger partial charge in [0, 0.05) is 38.5 Å². The van der Waals surface area contributed by atoms with E-state index in [-0.39, 0.29) is 10.9 Å². The molecule has 10 nitrogen and oxygen atoms in total. The van der Waals surface area contributed by atoms with Crippen LogP contribution in [0.15, 0.2) is 180 Å². The maximum absolute atomic E-state index is 14.9. The number of aromatic nitrogens is 4. The van der Waals surface area contributed by atoms with Crippen molar-refractivity contribution in [1.29, 1.82) is 0 Å². The zero-order valence-electron chi connectivity index (χ0n) is 31.0. The number of fused-ring (bicyclic) bond motifs is 7. The van der Waals surface area contributed by atoms with Crippen molar-refractivity contribution in [1.82, 2.24) is 19.4 Å². The summed E-state index contributed by atoms with van der Waals surface area (Å²) in [5, 5.41) is 1.71. The summed E-state index contributed by atoms with van der Waals surface area (Å²) in [5.74, 6) is 3.11. The topological polar surface area (TPSA) is 102 Å². The van der Waals surface area contributed by atoms with E-state index in [1.165, 1.54) is 12.7 Å². The summed E-state index contributed by atoms with van der Waals surface area (Å²) in [5.41, 5.74) is 6.89. The van der Waals surface area contributed by atoms with E-state index in [0.29, 0.717) is 72.5 Å². The van der Waals surface area contributed by atoms with Gasteiger partial charge in [-0.25, -0.2) is 15.0 Å². The largest absolute Gasteiger partial charge is 0.453 e. The second kappa shape index (κ2) is 12.7. The van der Waals surface area contributed by atoms with Gasteiger partial charge in [-0.2, -0.15) is 0 Å². The number of allylic oxidation sites excluding steroid dienone is 4. The first-order valence-corrected chi connectivity index (χ1v) is 18.7. The van der Waals surface area contributed by atoms with E-state index in [4.69, 9.17) is 9.47 Å². The highest BCUT2D eigenvalue weighted by Crippen LogP contribution is 2.50. The number of nitrogens with zero attached hydrogens (tertiary/aromatic N) is 6. The minimum absolute atomic E-state index is 0.214. The van der Waals surface area contributed by atoms with Gasteiger partial charge in [-0.3, -0.25) is 9.59 Å². The van der Waals surface area contributed by atoms with Crippen LogP contribution in [0.1, 0.15) is 6.92 Å². The van der Waals surface area contributed by atoms with E-state index in [2.05, 4.69) is 31.3 Å². The van der Waals surface area contributed by atoms with Gasteiger partial charge < -0.3 is 23.7 Å². The van der Waals surface area contributed by atoms with Gasteiger partial charge in [-0.15, -0.1) is 0 Å². The van der Waals surface area contributed by atoms with Crippen molar-refractivity contribution in [2.75, 3.05) is 9.80 Å². The number of para-hydroxylation sites is 6. The molecule has 0 fully saturated rings. The third-order valence-corrected chi connectivity index (χ3v) is 10.9. The van der Waals surface area contributed by atoms with Crippen molar-refractivity contribution in [3.05, 3.63) is 191 Å². The molecule has 3 aromatic heterocycles. The molecule has 0 aliphatic carbocycles. The molecule has 0 bridgehead atoms. The summed E-state index contributed by atoms with van der Waals surface area (Å²) in [6.45, 7) is 5.81. The molecule has 0 spiro atoms. The Morgan fingerprint density at radius 1 is 0.603 bits per heavy atom. The quantitative estimate of drug-likeness (QED) is 0.0965. The number of anilines is 5. The third kappa shape index (κ3) is 4.88. The molecule has 58 heavy (non-hydrogen) atoms. The number of hydrogen-bond acceptors (Lipinski definition) is 9. The standard InChI is InChI=1S/C48H30N6O4/c1-3-4-14-41-28(2)52(38-11-5-8-15-42(38)57-41)30-18-20-36-32(24-30)46(55)34-22-29(48-50-26-49-27-51-48)23-35-45(34)54(36)37-21-19-31(25-33(37)47(35)56)53-39-12-6-9-16-43(39)58-44-17-10-7-13-40(44)53/h3-27H,1H2,2H3/b14-4-. The van der Waals surface area contributed by atoms with Gasteiger partial charge >= 0.3 is 0 Å². The Morgan fingerprint density at radius 3 is 1.69 bits per heavy atom. The van der Waals surface area contributed by atoms with Gasteiger partial charge in [0.25, 0.3) is 0 Å². The Balaban J connectivity index is 1.22. The maximum Gasteiger partial charge on any atom is 0.197 e. The van der Waals surface area contributed by atoms with Crippen LogP contribution in [0.5, 0.6) is 17.2 Å². The van der Waals surface area contributed by atoms with Crippen molar-refractivity contribution in [3.63, 3.8) is 0 Å². The van der Waals surface area contributed by atoms with E-state index in [0.717, 1.165) is 34.1 Å². The average Bonchev–Trinajstić information content (AvgIpc) is 3.27. The zero-order valence-corrected chi connectivity index (χ0v) is 31.0. The zero-order chi connectivity index (χ0) is 39.1. The Labute approximate surface area is 330 Å². The molecule has 0 saturated heterocycles. The molecule has 0 radical (unpaired) electrons. The highest BCUT2D eigenvalue weighted by molar-refractivity contribution is 6.10. The van der Waals surface area contributed by atoms with Crippen LogP contribution in [0.4, 0.5) is 28.4 Å². The molecule has 0 amide bonds. The summed E-state index contributed by atoms with van der Waals surface area (Å²) in [6, 6.07) is 38.8. The van der Waals surface area contributed by atoms with Gasteiger partial charge in [0.2, 0.25) is 0 Å². The molecule has 10 heteroatoms. The van der Waals surface area contributed by atoms with Crippen molar-refractivity contribution >= 4 is 66.5 Å². The van der Waals surface area contributed by atoms with Gasteiger partial charge in [0.15, 0.2) is 33.9 Å². The van der Waals surface area contributed by atoms with Crippen LogP contribution in [0.3, 0.4) is 0 Å². The Bertz CT molecular complexity index is 3350. The monoisotopic (exact) mass is 754 g/mol. The van der Waals surface area contributed by atoms with Gasteiger partial charge in [-0.1, -0.05) is 55.1 Å². The Hall–Kier alpha value is -8.11. The van der Waals surface area contributed by atoms with Gasteiger partial charge in [0.1, 0.15) is 18.4 Å². The van der Waals surface area contributed by atoms with Crippen molar-refractivity contribution in [2.24, 2.45) is 0 Å². The van der Waals surface area contributed by atoms with Crippen LogP contribution in [-0.4, -0.2) is 19.4 Å². The predicted molar refractivity (Wildman–Crippen MR) is 228 cm³/mol. The second-order valence-corrected chi connectivity index (χ2v) is 14.1. The minimum Gasteiger partial charge on any atom is -0.453 e. The average molecular weight is 755 g/mol. The summed E-state index contributed by atoms with van der Waals surface area (Å²) in [6.07, 6.45) is 8.21. The third-order valence-electron chi connectivity index (χ3n) is 10.9. The Kier molecular flexibility index (Phi) is 7.29. The van der Waals surface area contributed by atoms with Crippen LogP contribution in [0.25, 0.3) is 49.5 Å². The fourth-order valence-electron chi connectivity index (χ4n) is 8.32. The van der Waals surface area contributed by atoms with E-state index >= 15 is 0 Å². The molecule has 11 rings (SSSR count).